The molecule has 34 heavy (non-hydrogen) atoms. The summed E-state index contributed by atoms with van der Waals surface area (Å²) in [5.41, 5.74) is 2.56. The molecule has 0 saturated heterocycles. The molecule has 0 bridgehead atoms. The molecule has 1 atom stereocenters. The first-order valence-corrected chi connectivity index (χ1v) is 11.8. The van der Waals surface area contributed by atoms with Gasteiger partial charge in [0.15, 0.2) is 17.2 Å². The molecule has 1 aromatic carbocycles. The van der Waals surface area contributed by atoms with Gasteiger partial charge in [-0.2, -0.15) is 0 Å². The van der Waals surface area contributed by atoms with Crippen LogP contribution < -0.4 is 25.1 Å². The van der Waals surface area contributed by atoms with E-state index in [0.717, 1.165) is 24.1 Å². The van der Waals surface area contributed by atoms with Gasteiger partial charge in [0.2, 0.25) is 0 Å². The average molecular weight is 489 g/mol. The second-order valence-corrected chi connectivity index (χ2v) is 9.35. The lowest BCUT2D eigenvalue weighted by Crippen LogP contribution is -2.38. The summed E-state index contributed by atoms with van der Waals surface area (Å²) in [6.45, 7) is 5.76. The minimum absolute atomic E-state index is 0.0493. The molecule has 2 heterocycles. The molecule has 1 aliphatic carbocycles. The number of halogens is 1. The number of aromatic amines is 1. The summed E-state index contributed by atoms with van der Waals surface area (Å²) in [4.78, 5) is 40.0. The number of hydrogen-bond donors (Lipinski definition) is 2. The number of ketones is 1. The van der Waals surface area contributed by atoms with Crippen molar-refractivity contribution < 1.29 is 23.8 Å². The number of ether oxygens (including phenoxy) is 3. The Kier molecular flexibility index (Phi) is 6.89. The van der Waals surface area contributed by atoms with E-state index >= 15 is 0 Å². The Morgan fingerprint density at radius 1 is 1.21 bits per heavy atom. The molecule has 182 valence electrons. The number of hydrogen-bond acceptors (Lipinski definition) is 6. The number of nitrogens with one attached hydrogen (secondary N) is 2. The average Bonchev–Trinajstić information content (AvgIpc) is 2.80. The smallest absolute Gasteiger partial charge is 0.255 e. The second-order valence-electron chi connectivity index (χ2n) is 8.97. The molecule has 9 heteroatoms. The lowest BCUT2D eigenvalue weighted by molar-refractivity contribution is -0.121. The summed E-state index contributed by atoms with van der Waals surface area (Å²) in [7, 11) is 1.43. The number of fused-ring (bicyclic) bond motifs is 1. The third-order valence-electron chi connectivity index (χ3n) is 6.67. The van der Waals surface area contributed by atoms with Crippen molar-refractivity contribution in [2.24, 2.45) is 5.92 Å². The van der Waals surface area contributed by atoms with Crippen molar-refractivity contribution in [1.29, 1.82) is 0 Å². The van der Waals surface area contributed by atoms with Gasteiger partial charge >= 0.3 is 0 Å². The van der Waals surface area contributed by atoms with E-state index in [-0.39, 0.29) is 46.2 Å². The van der Waals surface area contributed by atoms with Gasteiger partial charge in [-0.1, -0.05) is 11.6 Å². The fourth-order valence-corrected chi connectivity index (χ4v) is 5.09. The molecule has 1 aromatic heterocycles. The summed E-state index contributed by atoms with van der Waals surface area (Å²) < 4.78 is 17.8. The first kappa shape index (κ1) is 24.1. The summed E-state index contributed by atoms with van der Waals surface area (Å²) in [5, 5.41) is 2.98. The molecular formula is C25H29ClN2O6. The predicted octanol–water partition coefficient (Wildman–Crippen LogP) is 3.79. The summed E-state index contributed by atoms with van der Waals surface area (Å²) in [6, 6.07) is 1.86. The highest BCUT2D eigenvalue weighted by Crippen LogP contribution is 2.50. The fraction of sp³-hybridized carbons (Fsp3) is 0.480. The van der Waals surface area contributed by atoms with E-state index in [9.17, 15) is 14.4 Å². The quantitative estimate of drug-likeness (QED) is 0.663. The molecule has 0 radical (unpaired) electrons. The van der Waals surface area contributed by atoms with E-state index in [1.165, 1.54) is 7.11 Å². The standard InChI is InChI=1S/C25H29ClN2O6/c1-12-9-13(2)28-24(30)17(12)10-27-25(31)19-14(3)21-23(20(26)22(19)32-4)33-11-18(34-21)15-5-7-16(29)8-6-15/h9,15,18H,5-8,10-11H2,1-4H3,(H,27,31)(H,28,30)/t18-/m1/s1. The number of rotatable bonds is 5. The number of amides is 1. The number of benzene rings is 1. The summed E-state index contributed by atoms with van der Waals surface area (Å²) in [5.74, 6) is 0.983. The highest BCUT2D eigenvalue weighted by atomic mass is 35.5. The van der Waals surface area contributed by atoms with Gasteiger partial charge in [-0.05, 0) is 45.2 Å². The Labute approximate surface area is 202 Å². The molecule has 2 N–H and O–H groups in total. The van der Waals surface area contributed by atoms with Gasteiger partial charge in [-0.3, -0.25) is 14.4 Å². The Bertz CT molecular complexity index is 1200. The van der Waals surface area contributed by atoms with Gasteiger partial charge in [-0.15, -0.1) is 0 Å². The van der Waals surface area contributed by atoms with Crippen LogP contribution in [0.5, 0.6) is 17.2 Å². The lowest BCUT2D eigenvalue weighted by atomic mass is 9.84. The third-order valence-corrected chi connectivity index (χ3v) is 7.02. The van der Waals surface area contributed by atoms with Crippen molar-refractivity contribution in [3.63, 3.8) is 0 Å². The van der Waals surface area contributed by atoms with Crippen LogP contribution in [0.1, 0.15) is 58.4 Å². The zero-order valence-electron chi connectivity index (χ0n) is 19.8. The SMILES string of the molecule is COc1c(Cl)c2c(c(C)c1C(=O)NCc1c(C)cc(C)[nH]c1=O)O[C@@H](C1CCC(=O)CC1)CO2. The maximum atomic E-state index is 13.3. The molecule has 8 nitrogen and oxygen atoms in total. The van der Waals surface area contributed by atoms with Crippen molar-refractivity contribution in [3.8, 4) is 17.2 Å². The van der Waals surface area contributed by atoms with E-state index in [0.29, 0.717) is 42.1 Å². The van der Waals surface area contributed by atoms with Crippen molar-refractivity contribution >= 4 is 23.3 Å². The van der Waals surface area contributed by atoms with Crippen LogP contribution in [-0.2, 0) is 11.3 Å². The topological polar surface area (TPSA) is 107 Å². The van der Waals surface area contributed by atoms with Crippen molar-refractivity contribution in [1.82, 2.24) is 10.3 Å². The molecule has 0 unspecified atom stereocenters. The fourth-order valence-electron chi connectivity index (χ4n) is 4.78. The van der Waals surface area contributed by atoms with Crippen LogP contribution in [-0.4, -0.2) is 36.5 Å². The van der Waals surface area contributed by atoms with Gasteiger partial charge in [0.25, 0.3) is 11.5 Å². The molecule has 1 fully saturated rings. The van der Waals surface area contributed by atoms with Gasteiger partial charge in [0.1, 0.15) is 23.5 Å². The number of methoxy groups -OCH3 is 1. The molecule has 1 amide bonds. The van der Waals surface area contributed by atoms with Gasteiger partial charge < -0.3 is 24.5 Å². The van der Waals surface area contributed by atoms with Crippen molar-refractivity contribution in [3.05, 3.63) is 49.4 Å². The van der Waals surface area contributed by atoms with Crippen LogP contribution in [0, 0.1) is 26.7 Å². The zero-order valence-corrected chi connectivity index (χ0v) is 20.6. The van der Waals surface area contributed by atoms with E-state index in [1.807, 2.05) is 13.0 Å². The molecule has 1 saturated carbocycles. The van der Waals surface area contributed by atoms with E-state index in [4.69, 9.17) is 25.8 Å². The summed E-state index contributed by atoms with van der Waals surface area (Å²) in [6.07, 6.45) is 2.37. The highest BCUT2D eigenvalue weighted by molar-refractivity contribution is 6.34. The number of carbonyl (C=O) groups is 2. The van der Waals surface area contributed by atoms with Crippen LogP contribution in [0.15, 0.2) is 10.9 Å². The Morgan fingerprint density at radius 3 is 2.56 bits per heavy atom. The number of pyridine rings is 1. The van der Waals surface area contributed by atoms with Crippen LogP contribution in [0.2, 0.25) is 5.02 Å². The minimum atomic E-state index is -0.438. The molecule has 0 spiro atoms. The predicted molar refractivity (Wildman–Crippen MR) is 127 cm³/mol. The van der Waals surface area contributed by atoms with E-state index in [1.54, 1.807) is 13.8 Å². The molecule has 1 aliphatic heterocycles. The van der Waals surface area contributed by atoms with Gasteiger partial charge in [-0.25, -0.2) is 0 Å². The Morgan fingerprint density at radius 2 is 1.91 bits per heavy atom. The molecular weight excluding hydrogens is 460 g/mol. The lowest BCUT2D eigenvalue weighted by Gasteiger charge is -2.35. The third kappa shape index (κ3) is 4.51. The Hall–Kier alpha value is -3.00. The molecule has 2 aliphatic rings. The first-order chi connectivity index (χ1) is 16.2. The van der Waals surface area contributed by atoms with E-state index in [2.05, 4.69) is 10.3 Å². The maximum Gasteiger partial charge on any atom is 0.255 e. The zero-order chi connectivity index (χ0) is 24.6. The number of Topliss-reactive ketones (excluding diaryl/α,β-unsaturated/α-hetero) is 1. The van der Waals surface area contributed by atoms with Gasteiger partial charge in [0, 0.05) is 42.1 Å². The Balaban J connectivity index is 1.62. The van der Waals surface area contributed by atoms with Crippen LogP contribution in [0.4, 0.5) is 0 Å². The first-order valence-electron chi connectivity index (χ1n) is 11.4. The second kappa shape index (κ2) is 9.70. The van der Waals surface area contributed by atoms with Crippen LogP contribution >= 0.6 is 11.6 Å². The van der Waals surface area contributed by atoms with E-state index < -0.39 is 5.91 Å². The number of aromatic nitrogens is 1. The maximum absolute atomic E-state index is 13.3. The minimum Gasteiger partial charge on any atom is -0.494 e. The molecule has 2 aromatic rings. The normalized spacial score (nSPS) is 18.0. The number of carbonyl (C=O) groups excluding carboxylic acids is 2. The van der Waals surface area contributed by atoms with Crippen LogP contribution in [0.3, 0.4) is 0 Å². The van der Waals surface area contributed by atoms with Gasteiger partial charge in [0.05, 0.1) is 12.7 Å². The van der Waals surface area contributed by atoms with Crippen LogP contribution in [0.25, 0.3) is 0 Å². The highest BCUT2D eigenvalue weighted by Gasteiger charge is 2.36. The van der Waals surface area contributed by atoms with Crippen molar-refractivity contribution in [2.75, 3.05) is 13.7 Å². The number of aryl methyl sites for hydroxylation is 2. The monoisotopic (exact) mass is 488 g/mol. The summed E-state index contributed by atoms with van der Waals surface area (Å²) >= 11 is 6.58. The number of H-pyrrole nitrogens is 1. The molecule has 4 rings (SSSR count). The van der Waals surface area contributed by atoms with Crippen molar-refractivity contribution in [2.45, 2.75) is 59.1 Å². The largest absolute Gasteiger partial charge is 0.494 e.